The van der Waals surface area contributed by atoms with Crippen LogP contribution in [0.15, 0.2) is 6.20 Å². The molecular formula is C11H16BrN3O2. The van der Waals surface area contributed by atoms with Crippen LogP contribution in [0.2, 0.25) is 0 Å². The van der Waals surface area contributed by atoms with Crippen LogP contribution in [0.1, 0.15) is 23.0 Å². The van der Waals surface area contributed by atoms with Crippen LogP contribution in [-0.2, 0) is 4.74 Å². The maximum Gasteiger partial charge on any atom is 0.257 e. The predicted octanol–water partition coefficient (Wildman–Crippen LogP) is 1.34. The molecule has 0 aromatic carbocycles. The largest absolute Gasteiger partial charge is 0.373 e. The van der Waals surface area contributed by atoms with Gasteiger partial charge in [0.15, 0.2) is 0 Å². The highest BCUT2D eigenvalue weighted by Gasteiger charge is 2.30. The third-order valence-electron chi connectivity index (χ3n) is 3.00. The van der Waals surface area contributed by atoms with Gasteiger partial charge in [-0.1, -0.05) is 15.9 Å². The second-order valence-electron chi connectivity index (χ2n) is 4.32. The smallest absolute Gasteiger partial charge is 0.257 e. The molecule has 0 saturated carbocycles. The first kappa shape index (κ1) is 12.6. The third-order valence-corrected chi connectivity index (χ3v) is 3.72. The van der Waals surface area contributed by atoms with Crippen LogP contribution in [0.25, 0.3) is 0 Å². The molecule has 1 aromatic rings. The minimum Gasteiger partial charge on any atom is -0.373 e. The lowest BCUT2D eigenvalue weighted by Crippen LogP contribution is -2.51. The number of aromatic amines is 1. The van der Waals surface area contributed by atoms with Gasteiger partial charge in [-0.25, -0.2) is 0 Å². The van der Waals surface area contributed by atoms with Crippen LogP contribution >= 0.6 is 15.9 Å². The molecule has 2 rings (SSSR count). The van der Waals surface area contributed by atoms with Crippen molar-refractivity contribution in [3.63, 3.8) is 0 Å². The molecule has 6 heteroatoms. The Morgan fingerprint density at radius 1 is 1.76 bits per heavy atom. The zero-order chi connectivity index (χ0) is 12.4. The summed E-state index contributed by atoms with van der Waals surface area (Å²) in [6.07, 6.45) is 1.66. The lowest BCUT2D eigenvalue weighted by Gasteiger charge is -2.37. The molecule has 2 heterocycles. The first-order chi connectivity index (χ1) is 8.13. The molecule has 2 atom stereocenters. The molecule has 17 heavy (non-hydrogen) atoms. The van der Waals surface area contributed by atoms with Gasteiger partial charge in [0, 0.05) is 17.6 Å². The summed E-state index contributed by atoms with van der Waals surface area (Å²) < 4.78 is 5.60. The SMILES string of the molecule is Cc1[nH]ncc1C(=O)N1CC(CBr)OCC1C. The van der Waals surface area contributed by atoms with Crippen molar-refractivity contribution in [3.8, 4) is 0 Å². The summed E-state index contributed by atoms with van der Waals surface area (Å²) in [6, 6.07) is 0.104. The Balaban J connectivity index is 2.15. The number of hydrogen-bond donors (Lipinski definition) is 1. The van der Waals surface area contributed by atoms with Gasteiger partial charge >= 0.3 is 0 Å². The molecule has 1 saturated heterocycles. The number of halogens is 1. The van der Waals surface area contributed by atoms with E-state index in [9.17, 15) is 4.79 Å². The van der Waals surface area contributed by atoms with Crippen LogP contribution in [0.5, 0.6) is 0 Å². The molecule has 1 aliphatic heterocycles. The number of ether oxygens (including phenoxy) is 1. The zero-order valence-corrected chi connectivity index (χ0v) is 11.5. The van der Waals surface area contributed by atoms with E-state index in [-0.39, 0.29) is 18.1 Å². The van der Waals surface area contributed by atoms with E-state index in [2.05, 4.69) is 26.1 Å². The van der Waals surface area contributed by atoms with Gasteiger partial charge in [0.1, 0.15) is 0 Å². The number of alkyl halides is 1. The number of rotatable bonds is 2. The van der Waals surface area contributed by atoms with Crippen molar-refractivity contribution in [3.05, 3.63) is 17.5 Å². The number of amides is 1. The normalized spacial score (nSPS) is 25.0. The number of aryl methyl sites for hydroxylation is 1. The summed E-state index contributed by atoms with van der Waals surface area (Å²) in [7, 11) is 0. The second-order valence-corrected chi connectivity index (χ2v) is 4.97. The topological polar surface area (TPSA) is 58.2 Å². The van der Waals surface area contributed by atoms with E-state index in [0.717, 1.165) is 11.0 Å². The second kappa shape index (κ2) is 5.18. The van der Waals surface area contributed by atoms with E-state index in [0.29, 0.717) is 18.7 Å². The predicted molar refractivity (Wildman–Crippen MR) is 67.4 cm³/mol. The number of nitrogens with one attached hydrogen (secondary N) is 1. The minimum absolute atomic E-state index is 0.0259. The number of hydrogen-bond acceptors (Lipinski definition) is 3. The van der Waals surface area contributed by atoms with Crippen molar-refractivity contribution in [1.29, 1.82) is 0 Å². The fourth-order valence-electron chi connectivity index (χ4n) is 1.91. The molecule has 0 radical (unpaired) electrons. The van der Waals surface area contributed by atoms with Gasteiger partial charge < -0.3 is 9.64 Å². The van der Waals surface area contributed by atoms with Crippen molar-refractivity contribution in [2.75, 3.05) is 18.5 Å². The Bertz CT molecular complexity index is 407. The highest BCUT2D eigenvalue weighted by Crippen LogP contribution is 2.17. The molecule has 0 aliphatic carbocycles. The minimum atomic E-state index is 0.0259. The molecule has 1 aromatic heterocycles. The lowest BCUT2D eigenvalue weighted by atomic mass is 10.1. The van der Waals surface area contributed by atoms with Crippen LogP contribution in [-0.4, -0.2) is 51.6 Å². The summed E-state index contributed by atoms with van der Waals surface area (Å²) >= 11 is 3.39. The molecule has 1 N–H and O–H groups in total. The number of carbonyl (C=O) groups excluding carboxylic acids is 1. The van der Waals surface area contributed by atoms with Crippen molar-refractivity contribution >= 4 is 21.8 Å². The Labute approximate surface area is 109 Å². The molecule has 1 amide bonds. The lowest BCUT2D eigenvalue weighted by molar-refractivity contribution is -0.0361. The average molecular weight is 302 g/mol. The van der Waals surface area contributed by atoms with E-state index < -0.39 is 0 Å². The van der Waals surface area contributed by atoms with E-state index >= 15 is 0 Å². The summed E-state index contributed by atoms with van der Waals surface area (Å²) in [5.74, 6) is 0.0259. The molecule has 94 valence electrons. The molecule has 2 unspecified atom stereocenters. The van der Waals surface area contributed by atoms with Gasteiger partial charge in [0.05, 0.1) is 30.5 Å². The Hall–Kier alpha value is -0.880. The molecule has 5 nitrogen and oxygen atoms in total. The number of aromatic nitrogens is 2. The van der Waals surface area contributed by atoms with Crippen molar-refractivity contribution in [2.45, 2.75) is 26.0 Å². The third kappa shape index (κ3) is 2.52. The summed E-state index contributed by atoms with van der Waals surface area (Å²) in [4.78, 5) is 14.2. The van der Waals surface area contributed by atoms with Crippen LogP contribution < -0.4 is 0 Å². The fourth-order valence-corrected chi connectivity index (χ4v) is 2.31. The Kier molecular flexibility index (Phi) is 3.83. The standard InChI is InChI=1S/C11H16BrN3O2/c1-7-6-17-9(3-12)5-15(7)11(16)10-4-13-14-8(10)2/h4,7,9H,3,5-6H2,1-2H3,(H,13,14). The fraction of sp³-hybridized carbons (Fsp3) is 0.636. The van der Waals surface area contributed by atoms with Gasteiger partial charge in [-0.05, 0) is 13.8 Å². The van der Waals surface area contributed by atoms with Gasteiger partial charge in [0.2, 0.25) is 0 Å². The van der Waals surface area contributed by atoms with E-state index in [4.69, 9.17) is 4.74 Å². The summed E-state index contributed by atoms with van der Waals surface area (Å²) in [5.41, 5.74) is 1.45. The maximum absolute atomic E-state index is 12.3. The molecular weight excluding hydrogens is 286 g/mol. The highest BCUT2D eigenvalue weighted by molar-refractivity contribution is 9.09. The molecule has 1 aliphatic rings. The number of nitrogens with zero attached hydrogens (tertiary/aromatic N) is 2. The van der Waals surface area contributed by atoms with Crippen LogP contribution in [0, 0.1) is 6.92 Å². The van der Waals surface area contributed by atoms with Crippen molar-refractivity contribution in [1.82, 2.24) is 15.1 Å². The molecule has 0 bridgehead atoms. The van der Waals surface area contributed by atoms with Gasteiger partial charge in [-0.15, -0.1) is 0 Å². The van der Waals surface area contributed by atoms with E-state index in [1.807, 2.05) is 18.7 Å². The van der Waals surface area contributed by atoms with Gasteiger partial charge in [0.25, 0.3) is 5.91 Å². The van der Waals surface area contributed by atoms with Gasteiger partial charge in [-0.2, -0.15) is 5.10 Å². The number of carbonyl (C=O) groups is 1. The first-order valence-electron chi connectivity index (χ1n) is 5.62. The van der Waals surface area contributed by atoms with Crippen molar-refractivity contribution in [2.24, 2.45) is 0 Å². The highest BCUT2D eigenvalue weighted by atomic mass is 79.9. The van der Waals surface area contributed by atoms with E-state index in [1.54, 1.807) is 6.20 Å². The quantitative estimate of drug-likeness (QED) is 0.839. The van der Waals surface area contributed by atoms with Gasteiger partial charge in [-0.3, -0.25) is 9.89 Å². The summed E-state index contributed by atoms with van der Waals surface area (Å²) in [5, 5.41) is 7.42. The molecule has 0 spiro atoms. The van der Waals surface area contributed by atoms with E-state index in [1.165, 1.54) is 0 Å². The van der Waals surface area contributed by atoms with Crippen molar-refractivity contribution < 1.29 is 9.53 Å². The first-order valence-corrected chi connectivity index (χ1v) is 6.74. The molecule has 1 fully saturated rings. The van der Waals surface area contributed by atoms with Crippen LogP contribution in [0.3, 0.4) is 0 Å². The number of morpholine rings is 1. The number of H-pyrrole nitrogens is 1. The monoisotopic (exact) mass is 301 g/mol. The average Bonchev–Trinajstić information content (AvgIpc) is 2.75. The summed E-state index contributed by atoms with van der Waals surface area (Å²) in [6.45, 7) is 5.06. The Morgan fingerprint density at radius 3 is 3.12 bits per heavy atom. The Morgan fingerprint density at radius 2 is 2.53 bits per heavy atom. The van der Waals surface area contributed by atoms with Crippen LogP contribution in [0.4, 0.5) is 0 Å². The maximum atomic E-state index is 12.3. The zero-order valence-electron chi connectivity index (χ0n) is 9.94.